The van der Waals surface area contributed by atoms with Crippen LogP contribution in [0.1, 0.15) is 65.4 Å². The second-order valence-corrected chi connectivity index (χ2v) is 7.00. The topological polar surface area (TPSA) is 13.1 Å². The molecule has 0 aromatic carbocycles. The Labute approximate surface area is 130 Å². The van der Waals surface area contributed by atoms with Crippen LogP contribution >= 0.6 is 0 Å². The average Bonchev–Trinajstić information content (AvgIpc) is 2.96. The molecule has 0 spiro atoms. The van der Waals surface area contributed by atoms with Gasteiger partial charge in [-0.25, -0.2) is 0 Å². The van der Waals surface area contributed by atoms with E-state index in [1.54, 1.807) is 11.8 Å². The van der Waals surface area contributed by atoms with Crippen molar-refractivity contribution in [1.29, 1.82) is 0 Å². The molecule has 2 rings (SSSR count). The molecule has 116 valence electrons. The lowest BCUT2D eigenvalue weighted by Gasteiger charge is -2.40. The summed E-state index contributed by atoms with van der Waals surface area (Å²) in [7, 11) is 0. The van der Waals surface area contributed by atoms with Gasteiger partial charge in [-0.3, -0.25) is 0 Å². The number of aryl methyl sites for hydroxylation is 1. The molecule has 1 heteroatoms. The molecule has 1 heterocycles. The number of hydrogen-bond acceptors (Lipinski definition) is 1. The van der Waals surface area contributed by atoms with Gasteiger partial charge in [0.2, 0.25) is 0 Å². The number of rotatable bonds is 6. The van der Waals surface area contributed by atoms with Gasteiger partial charge in [0.1, 0.15) is 0 Å². The van der Waals surface area contributed by atoms with Gasteiger partial charge in [-0.1, -0.05) is 37.1 Å². The first kappa shape index (κ1) is 16.1. The van der Waals surface area contributed by atoms with Crippen LogP contribution in [0.2, 0.25) is 0 Å². The smallest absolute Gasteiger partial charge is 0.0934 e. The molecular weight excluding hydrogens is 256 g/mol. The Kier molecular flexibility index (Phi) is 5.50. The summed E-state index contributed by atoms with van der Waals surface area (Å²) in [5.74, 6) is 0.807. The van der Waals surface area contributed by atoms with Gasteiger partial charge in [0.05, 0.1) is 12.5 Å². The molecule has 0 bridgehead atoms. The SMILES string of the molecule is CC1=CCC[C@H](C)[C@@]1(C)CC/C(C)=C/CCc1ccoc1. The molecule has 0 amide bonds. The van der Waals surface area contributed by atoms with Crippen LogP contribution in [-0.2, 0) is 6.42 Å². The lowest BCUT2D eigenvalue weighted by atomic mass is 9.65. The molecule has 1 aliphatic rings. The van der Waals surface area contributed by atoms with Gasteiger partial charge in [0.25, 0.3) is 0 Å². The molecular formula is C20H30O. The third kappa shape index (κ3) is 4.12. The van der Waals surface area contributed by atoms with Crippen LogP contribution in [0.5, 0.6) is 0 Å². The second kappa shape index (κ2) is 7.15. The maximum atomic E-state index is 5.11. The molecule has 1 aromatic rings. The van der Waals surface area contributed by atoms with Gasteiger partial charge in [0.15, 0.2) is 0 Å². The number of furan rings is 1. The molecule has 0 saturated heterocycles. The van der Waals surface area contributed by atoms with Gasteiger partial charge in [-0.15, -0.1) is 0 Å². The molecule has 0 radical (unpaired) electrons. The highest BCUT2D eigenvalue weighted by atomic mass is 16.3. The zero-order valence-corrected chi connectivity index (χ0v) is 14.1. The van der Waals surface area contributed by atoms with Crippen molar-refractivity contribution < 1.29 is 4.42 Å². The second-order valence-electron chi connectivity index (χ2n) is 7.00. The van der Waals surface area contributed by atoms with Gasteiger partial charge >= 0.3 is 0 Å². The summed E-state index contributed by atoms with van der Waals surface area (Å²) in [5, 5.41) is 0. The maximum absolute atomic E-state index is 5.11. The molecule has 1 aliphatic carbocycles. The predicted molar refractivity (Wildman–Crippen MR) is 90.3 cm³/mol. The van der Waals surface area contributed by atoms with Crippen molar-refractivity contribution in [3.63, 3.8) is 0 Å². The van der Waals surface area contributed by atoms with E-state index in [0.717, 1.165) is 18.8 Å². The van der Waals surface area contributed by atoms with Crippen LogP contribution in [0, 0.1) is 11.3 Å². The summed E-state index contributed by atoms with van der Waals surface area (Å²) in [6.07, 6.45) is 15.8. The Hall–Kier alpha value is -1.24. The summed E-state index contributed by atoms with van der Waals surface area (Å²) < 4.78 is 5.11. The number of hydrogen-bond donors (Lipinski definition) is 0. The molecule has 0 fully saturated rings. The first-order chi connectivity index (χ1) is 10.0. The van der Waals surface area contributed by atoms with Crippen LogP contribution in [0.15, 0.2) is 46.3 Å². The van der Waals surface area contributed by atoms with E-state index in [-0.39, 0.29) is 0 Å². The Bertz CT molecular complexity index is 492. The summed E-state index contributed by atoms with van der Waals surface area (Å²) >= 11 is 0. The third-order valence-electron chi connectivity index (χ3n) is 5.58. The monoisotopic (exact) mass is 286 g/mol. The quantitative estimate of drug-likeness (QED) is 0.557. The highest BCUT2D eigenvalue weighted by Gasteiger charge is 2.34. The van der Waals surface area contributed by atoms with Crippen LogP contribution in [0.25, 0.3) is 0 Å². The zero-order valence-electron chi connectivity index (χ0n) is 14.1. The Morgan fingerprint density at radius 2 is 2.29 bits per heavy atom. The molecule has 1 nitrogen and oxygen atoms in total. The molecule has 0 unspecified atom stereocenters. The van der Waals surface area contributed by atoms with Crippen LogP contribution in [0.4, 0.5) is 0 Å². The highest BCUT2D eigenvalue weighted by molar-refractivity contribution is 5.17. The molecule has 1 aromatic heterocycles. The maximum Gasteiger partial charge on any atom is 0.0934 e. The van der Waals surface area contributed by atoms with Crippen LogP contribution < -0.4 is 0 Å². The van der Waals surface area contributed by atoms with Crippen molar-refractivity contribution in [2.24, 2.45) is 11.3 Å². The van der Waals surface area contributed by atoms with Gasteiger partial charge < -0.3 is 4.42 Å². The van der Waals surface area contributed by atoms with Crippen molar-refractivity contribution in [2.45, 2.75) is 66.2 Å². The fourth-order valence-electron chi connectivity index (χ4n) is 3.41. The molecule has 21 heavy (non-hydrogen) atoms. The van der Waals surface area contributed by atoms with Crippen LogP contribution in [0.3, 0.4) is 0 Å². The fraction of sp³-hybridized carbons (Fsp3) is 0.600. The van der Waals surface area contributed by atoms with Crippen molar-refractivity contribution in [2.75, 3.05) is 0 Å². The van der Waals surface area contributed by atoms with Crippen molar-refractivity contribution >= 4 is 0 Å². The standard InChI is InChI=1S/C20H30O/c1-16(7-5-10-19-12-14-21-15-19)11-13-20(4)17(2)8-6-9-18(20)3/h7-8,12,14-15,18H,5-6,9-11,13H2,1-4H3/b16-7+/t18-,20-/m0/s1. The van der Waals surface area contributed by atoms with E-state index in [1.165, 1.54) is 36.8 Å². The minimum atomic E-state index is 0.401. The van der Waals surface area contributed by atoms with Crippen molar-refractivity contribution in [3.05, 3.63) is 47.5 Å². The molecule has 0 N–H and O–H groups in total. The van der Waals surface area contributed by atoms with Crippen LogP contribution in [-0.4, -0.2) is 0 Å². The summed E-state index contributed by atoms with van der Waals surface area (Å²) in [6.45, 7) is 9.49. The van der Waals surface area contributed by atoms with Gasteiger partial charge in [-0.2, -0.15) is 0 Å². The summed E-state index contributed by atoms with van der Waals surface area (Å²) in [4.78, 5) is 0. The lowest BCUT2D eigenvalue weighted by Crippen LogP contribution is -2.29. The minimum absolute atomic E-state index is 0.401. The summed E-state index contributed by atoms with van der Waals surface area (Å²) in [6, 6.07) is 2.06. The fourth-order valence-corrected chi connectivity index (χ4v) is 3.41. The minimum Gasteiger partial charge on any atom is -0.472 e. The zero-order chi connectivity index (χ0) is 15.3. The predicted octanol–water partition coefficient (Wildman–Crippen LogP) is 6.32. The van der Waals surface area contributed by atoms with Crippen molar-refractivity contribution in [1.82, 2.24) is 0 Å². The van der Waals surface area contributed by atoms with Crippen molar-refractivity contribution in [3.8, 4) is 0 Å². The third-order valence-corrected chi connectivity index (χ3v) is 5.58. The first-order valence-electron chi connectivity index (χ1n) is 8.36. The van der Waals surface area contributed by atoms with E-state index in [0.29, 0.717) is 5.41 Å². The van der Waals surface area contributed by atoms with E-state index in [9.17, 15) is 0 Å². The molecule has 0 aliphatic heterocycles. The molecule has 0 saturated carbocycles. The normalized spacial score (nSPS) is 26.8. The first-order valence-corrected chi connectivity index (χ1v) is 8.36. The highest BCUT2D eigenvalue weighted by Crippen LogP contribution is 2.45. The van der Waals surface area contributed by atoms with E-state index in [2.05, 4.69) is 45.9 Å². The Morgan fingerprint density at radius 1 is 1.48 bits per heavy atom. The molecule has 2 atom stereocenters. The average molecular weight is 286 g/mol. The Balaban J connectivity index is 1.83. The number of allylic oxidation sites excluding steroid dienone is 4. The van der Waals surface area contributed by atoms with E-state index in [1.807, 2.05) is 6.26 Å². The van der Waals surface area contributed by atoms with Gasteiger partial charge in [0, 0.05) is 0 Å². The van der Waals surface area contributed by atoms with E-state index >= 15 is 0 Å². The van der Waals surface area contributed by atoms with E-state index in [4.69, 9.17) is 4.42 Å². The lowest BCUT2D eigenvalue weighted by molar-refractivity contribution is 0.211. The van der Waals surface area contributed by atoms with Gasteiger partial charge in [-0.05, 0) is 75.3 Å². The largest absolute Gasteiger partial charge is 0.472 e. The Morgan fingerprint density at radius 3 is 2.95 bits per heavy atom. The van der Waals surface area contributed by atoms with E-state index < -0.39 is 0 Å². The summed E-state index contributed by atoms with van der Waals surface area (Å²) in [5.41, 5.74) is 4.83.